The molecular weight excluding hydrogens is 332 g/mol. The standard InChI is InChI=1S/C16H25BrN2O2/c1-6-16(3,4)19-15(20)10-21-14-8-7-12(17)9-13(14)11(2)18-5/h7-9,11,18H,6,10H2,1-5H3,(H,19,20). The maximum Gasteiger partial charge on any atom is 0.258 e. The number of nitrogens with one attached hydrogen (secondary N) is 2. The second-order valence-corrected chi connectivity index (χ2v) is 6.68. The van der Waals surface area contributed by atoms with Crippen molar-refractivity contribution in [2.45, 2.75) is 45.7 Å². The first-order valence-electron chi connectivity index (χ1n) is 7.19. The van der Waals surface area contributed by atoms with Gasteiger partial charge in [-0.1, -0.05) is 22.9 Å². The number of hydrogen-bond acceptors (Lipinski definition) is 3. The summed E-state index contributed by atoms with van der Waals surface area (Å²) in [5, 5.41) is 6.14. The quantitative estimate of drug-likeness (QED) is 0.786. The molecule has 0 aromatic heterocycles. The van der Waals surface area contributed by atoms with Crippen LogP contribution in [0.4, 0.5) is 0 Å². The van der Waals surface area contributed by atoms with E-state index in [1.807, 2.05) is 46.0 Å². The van der Waals surface area contributed by atoms with Crippen molar-refractivity contribution in [2.24, 2.45) is 0 Å². The van der Waals surface area contributed by atoms with Gasteiger partial charge in [-0.3, -0.25) is 4.79 Å². The fourth-order valence-electron chi connectivity index (χ4n) is 1.79. The number of carbonyl (C=O) groups is 1. The van der Waals surface area contributed by atoms with E-state index >= 15 is 0 Å². The van der Waals surface area contributed by atoms with Gasteiger partial charge in [-0.05, 0) is 52.4 Å². The number of carbonyl (C=O) groups excluding carboxylic acids is 1. The lowest BCUT2D eigenvalue weighted by atomic mass is 10.0. The molecule has 0 spiro atoms. The molecule has 0 radical (unpaired) electrons. The Hall–Kier alpha value is -1.07. The molecule has 1 aromatic carbocycles. The average molecular weight is 357 g/mol. The Kier molecular flexibility index (Phi) is 6.68. The molecule has 0 heterocycles. The van der Waals surface area contributed by atoms with Gasteiger partial charge in [-0.2, -0.15) is 0 Å². The molecule has 0 fully saturated rings. The summed E-state index contributed by atoms with van der Waals surface area (Å²) in [6, 6.07) is 5.94. The predicted octanol–water partition coefficient (Wildman–Crippen LogP) is 3.41. The zero-order valence-corrected chi connectivity index (χ0v) is 15.0. The van der Waals surface area contributed by atoms with Crippen LogP contribution in [0.15, 0.2) is 22.7 Å². The number of benzene rings is 1. The predicted molar refractivity (Wildman–Crippen MR) is 89.6 cm³/mol. The highest BCUT2D eigenvalue weighted by atomic mass is 79.9. The van der Waals surface area contributed by atoms with Crippen LogP contribution in [0.1, 0.15) is 45.7 Å². The Bertz CT molecular complexity index is 489. The zero-order valence-electron chi connectivity index (χ0n) is 13.4. The van der Waals surface area contributed by atoms with Gasteiger partial charge in [0, 0.05) is 21.6 Å². The highest BCUT2D eigenvalue weighted by Crippen LogP contribution is 2.28. The summed E-state index contributed by atoms with van der Waals surface area (Å²) < 4.78 is 6.68. The molecule has 0 aliphatic carbocycles. The van der Waals surface area contributed by atoms with E-state index in [0.29, 0.717) is 0 Å². The Morgan fingerprint density at radius 3 is 2.67 bits per heavy atom. The van der Waals surface area contributed by atoms with Gasteiger partial charge in [0.25, 0.3) is 5.91 Å². The molecule has 1 atom stereocenters. The summed E-state index contributed by atoms with van der Waals surface area (Å²) in [6.07, 6.45) is 0.874. The van der Waals surface area contributed by atoms with Crippen molar-refractivity contribution < 1.29 is 9.53 Å². The van der Waals surface area contributed by atoms with E-state index in [9.17, 15) is 4.79 Å². The molecule has 1 unspecified atom stereocenters. The van der Waals surface area contributed by atoms with E-state index < -0.39 is 0 Å². The van der Waals surface area contributed by atoms with Gasteiger partial charge >= 0.3 is 0 Å². The largest absolute Gasteiger partial charge is 0.483 e. The molecule has 2 N–H and O–H groups in total. The molecular formula is C16H25BrN2O2. The van der Waals surface area contributed by atoms with E-state index in [-0.39, 0.29) is 24.1 Å². The normalized spacial score (nSPS) is 12.9. The van der Waals surface area contributed by atoms with Crippen molar-refractivity contribution in [3.05, 3.63) is 28.2 Å². The Morgan fingerprint density at radius 1 is 1.43 bits per heavy atom. The van der Waals surface area contributed by atoms with Gasteiger partial charge in [0.1, 0.15) is 5.75 Å². The number of ether oxygens (including phenoxy) is 1. The SMILES string of the molecule is CCC(C)(C)NC(=O)COc1ccc(Br)cc1C(C)NC. The van der Waals surface area contributed by atoms with Crippen LogP contribution < -0.4 is 15.4 Å². The molecule has 21 heavy (non-hydrogen) atoms. The van der Waals surface area contributed by atoms with Gasteiger partial charge in [0.2, 0.25) is 0 Å². The van der Waals surface area contributed by atoms with Crippen molar-refractivity contribution in [3.8, 4) is 5.75 Å². The van der Waals surface area contributed by atoms with E-state index in [4.69, 9.17) is 4.74 Å². The Labute approximate surface area is 135 Å². The molecule has 0 saturated heterocycles. The first-order valence-corrected chi connectivity index (χ1v) is 7.99. The fraction of sp³-hybridized carbons (Fsp3) is 0.562. The first kappa shape index (κ1) is 18.0. The number of amides is 1. The lowest BCUT2D eigenvalue weighted by Gasteiger charge is -2.24. The summed E-state index contributed by atoms with van der Waals surface area (Å²) in [5.41, 5.74) is 0.816. The lowest BCUT2D eigenvalue weighted by molar-refractivity contribution is -0.124. The molecule has 0 bridgehead atoms. The van der Waals surface area contributed by atoms with Gasteiger partial charge < -0.3 is 15.4 Å². The van der Waals surface area contributed by atoms with Crippen LogP contribution in [0, 0.1) is 0 Å². The molecule has 4 nitrogen and oxygen atoms in total. The molecule has 1 rings (SSSR count). The van der Waals surface area contributed by atoms with Crippen LogP contribution in [0.25, 0.3) is 0 Å². The maximum absolute atomic E-state index is 11.9. The molecule has 1 amide bonds. The van der Waals surface area contributed by atoms with Crippen LogP contribution in [0.2, 0.25) is 0 Å². The summed E-state index contributed by atoms with van der Waals surface area (Å²) >= 11 is 3.46. The minimum Gasteiger partial charge on any atom is -0.483 e. The number of hydrogen-bond donors (Lipinski definition) is 2. The summed E-state index contributed by atoms with van der Waals surface area (Å²) in [5.74, 6) is 0.623. The molecule has 118 valence electrons. The minimum atomic E-state index is -0.207. The van der Waals surface area contributed by atoms with Gasteiger partial charge in [-0.25, -0.2) is 0 Å². The second-order valence-electron chi connectivity index (χ2n) is 5.77. The molecule has 1 aromatic rings. The van der Waals surface area contributed by atoms with Crippen LogP contribution >= 0.6 is 15.9 Å². The highest BCUT2D eigenvalue weighted by Gasteiger charge is 2.18. The van der Waals surface area contributed by atoms with Crippen molar-refractivity contribution in [3.63, 3.8) is 0 Å². The van der Waals surface area contributed by atoms with E-state index in [1.165, 1.54) is 0 Å². The molecule has 0 saturated carbocycles. The van der Waals surface area contributed by atoms with Crippen LogP contribution in [0.5, 0.6) is 5.75 Å². The Morgan fingerprint density at radius 2 is 2.10 bits per heavy atom. The zero-order chi connectivity index (χ0) is 16.0. The third-order valence-electron chi connectivity index (χ3n) is 3.59. The summed E-state index contributed by atoms with van der Waals surface area (Å²) in [4.78, 5) is 11.9. The number of rotatable bonds is 7. The molecule has 5 heteroatoms. The van der Waals surface area contributed by atoms with E-state index in [2.05, 4.69) is 33.5 Å². The van der Waals surface area contributed by atoms with Crippen molar-refractivity contribution >= 4 is 21.8 Å². The van der Waals surface area contributed by atoms with Gasteiger partial charge in [-0.15, -0.1) is 0 Å². The average Bonchev–Trinajstić information content (AvgIpc) is 2.44. The van der Waals surface area contributed by atoms with Crippen LogP contribution in [-0.4, -0.2) is 25.1 Å². The van der Waals surface area contributed by atoms with Gasteiger partial charge in [0.15, 0.2) is 6.61 Å². The maximum atomic E-state index is 11.9. The van der Waals surface area contributed by atoms with Crippen molar-refractivity contribution in [2.75, 3.05) is 13.7 Å². The second kappa shape index (κ2) is 7.80. The highest BCUT2D eigenvalue weighted by molar-refractivity contribution is 9.10. The van der Waals surface area contributed by atoms with Crippen molar-refractivity contribution in [1.82, 2.24) is 10.6 Å². The smallest absolute Gasteiger partial charge is 0.258 e. The number of halogens is 1. The fourth-order valence-corrected chi connectivity index (χ4v) is 2.17. The van der Waals surface area contributed by atoms with E-state index in [0.717, 1.165) is 22.2 Å². The third-order valence-corrected chi connectivity index (χ3v) is 4.09. The monoisotopic (exact) mass is 356 g/mol. The third kappa shape index (κ3) is 5.67. The first-order chi connectivity index (χ1) is 9.79. The molecule has 0 aliphatic rings. The summed E-state index contributed by atoms with van der Waals surface area (Å²) in [7, 11) is 1.89. The summed E-state index contributed by atoms with van der Waals surface area (Å²) in [6.45, 7) is 8.12. The van der Waals surface area contributed by atoms with Crippen LogP contribution in [0.3, 0.4) is 0 Å². The minimum absolute atomic E-state index is 0.0223. The van der Waals surface area contributed by atoms with Gasteiger partial charge in [0.05, 0.1) is 0 Å². The Balaban J connectivity index is 2.73. The van der Waals surface area contributed by atoms with Crippen LogP contribution in [-0.2, 0) is 4.79 Å². The van der Waals surface area contributed by atoms with E-state index in [1.54, 1.807) is 0 Å². The lowest BCUT2D eigenvalue weighted by Crippen LogP contribution is -2.44. The van der Waals surface area contributed by atoms with Crippen molar-refractivity contribution in [1.29, 1.82) is 0 Å². The topological polar surface area (TPSA) is 50.4 Å². The molecule has 0 aliphatic heterocycles.